The SMILES string of the molecule is NCCC#Cc1c(F)c(F)cc(F)c1F. The minimum atomic E-state index is -1.49. The molecule has 0 aliphatic heterocycles. The maximum atomic E-state index is 13.0. The van der Waals surface area contributed by atoms with E-state index in [1.807, 2.05) is 5.92 Å². The van der Waals surface area contributed by atoms with Gasteiger partial charge in [0.25, 0.3) is 0 Å². The molecule has 2 N–H and O–H groups in total. The summed E-state index contributed by atoms with van der Waals surface area (Å²) in [4.78, 5) is 0. The molecule has 0 aliphatic carbocycles. The summed E-state index contributed by atoms with van der Waals surface area (Å²) in [6.45, 7) is 0.202. The molecule has 0 heterocycles. The summed E-state index contributed by atoms with van der Waals surface area (Å²) >= 11 is 0. The molecule has 1 aromatic rings. The second kappa shape index (κ2) is 4.80. The van der Waals surface area contributed by atoms with Crippen molar-refractivity contribution >= 4 is 0 Å². The van der Waals surface area contributed by atoms with E-state index in [0.29, 0.717) is 0 Å². The summed E-state index contributed by atoms with van der Waals surface area (Å²) in [5.74, 6) is -1.61. The minimum Gasteiger partial charge on any atom is -0.330 e. The highest BCUT2D eigenvalue weighted by Gasteiger charge is 2.17. The summed E-state index contributed by atoms with van der Waals surface area (Å²) < 4.78 is 51.2. The molecule has 0 saturated carbocycles. The Labute approximate surface area is 83.9 Å². The molecule has 0 radical (unpaired) electrons. The standard InChI is InChI=1S/C10H7F4N/c11-7-5-8(12)10(14)6(9(7)13)3-1-2-4-15/h5H,2,4,15H2. The van der Waals surface area contributed by atoms with Gasteiger partial charge in [-0.2, -0.15) is 0 Å². The first-order chi connectivity index (χ1) is 7.07. The minimum absolute atomic E-state index is 0.138. The predicted octanol–water partition coefficient (Wildman–Crippen LogP) is 1.94. The van der Waals surface area contributed by atoms with E-state index in [4.69, 9.17) is 5.73 Å². The first-order valence-corrected chi connectivity index (χ1v) is 4.10. The fraction of sp³-hybridized carbons (Fsp3) is 0.200. The molecule has 1 nitrogen and oxygen atoms in total. The smallest absolute Gasteiger partial charge is 0.177 e. The Morgan fingerprint density at radius 1 is 1.07 bits per heavy atom. The van der Waals surface area contributed by atoms with Gasteiger partial charge in [-0.25, -0.2) is 17.6 Å². The molecule has 0 fully saturated rings. The van der Waals surface area contributed by atoms with Crippen LogP contribution in [0.5, 0.6) is 0 Å². The summed E-state index contributed by atoms with van der Waals surface area (Å²) in [6.07, 6.45) is 0.191. The third kappa shape index (κ3) is 2.48. The van der Waals surface area contributed by atoms with Crippen LogP contribution < -0.4 is 5.73 Å². The maximum absolute atomic E-state index is 13.0. The third-order valence-corrected chi connectivity index (χ3v) is 1.59. The molecule has 0 aliphatic rings. The molecule has 80 valence electrons. The Bertz CT molecular complexity index is 405. The van der Waals surface area contributed by atoms with E-state index in [2.05, 4.69) is 5.92 Å². The zero-order valence-electron chi connectivity index (χ0n) is 7.58. The fourth-order valence-corrected chi connectivity index (χ4v) is 0.906. The first-order valence-electron chi connectivity index (χ1n) is 4.10. The van der Waals surface area contributed by atoms with Crippen LogP contribution in [-0.2, 0) is 0 Å². The summed E-state index contributed by atoms with van der Waals surface area (Å²) in [7, 11) is 0. The zero-order valence-corrected chi connectivity index (χ0v) is 7.58. The van der Waals surface area contributed by atoms with Gasteiger partial charge in [0.15, 0.2) is 23.3 Å². The van der Waals surface area contributed by atoms with Crippen LogP contribution in [0.2, 0.25) is 0 Å². The summed E-state index contributed by atoms with van der Waals surface area (Å²) in [6, 6.07) is 0.138. The average molecular weight is 217 g/mol. The molecule has 15 heavy (non-hydrogen) atoms. The van der Waals surface area contributed by atoms with Gasteiger partial charge in [0.2, 0.25) is 0 Å². The molecule has 0 atom stereocenters. The molecule has 0 unspecified atom stereocenters. The van der Waals surface area contributed by atoms with Crippen LogP contribution in [0.4, 0.5) is 17.6 Å². The van der Waals surface area contributed by atoms with Crippen molar-refractivity contribution in [2.45, 2.75) is 6.42 Å². The van der Waals surface area contributed by atoms with E-state index in [-0.39, 0.29) is 19.0 Å². The first kappa shape index (κ1) is 11.5. The molecule has 0 spiro atoms. The van der Waals surface area contributed by atoms with Crippen molar-refractivity contribution in [2.75, 3.05) is 6.54 Å². The molecular weight excluding hydrogens is 210 g/mol. The summed E-state index contributed by atoms with van der Waals surface area (Å²) in [5, 5.41) is 0. The lowest BCUT2D eigenvalue weighted by Gasteiger charge is -1.99. The zero-order chi connectivity index (χ0) is 11.4. The van der Waals surface area contributed by atoms with Crippen molar-refractivity contribution in [3.63, 3.8) is 0 Å². The number of nitrogens with two attached hydrogens (primary N) is 1. The van der Waals surface area contributed by atoms with Gasteiger partial charge in [0.1, 0.15) is 5.56 Å². The van der Waals surface area contributed by atoms with Gasteiger partial charge in [0.05, 0.1) is 0 Å². The van der Waals surface area contributed by atoms with Gasteiger partial charge in [-0.15, -0.1) is 0 Å². The van der Waals surface area contributed by atoms with E-state index in [1.54, 1.807) is 0 Å². The van der Waals surface area contributed by atoms with Crippen LogP contribution in [0.1, 0.15) is 12.0 Å². The predicted molar refractivity (Wildman–Crippen MR) is 46.8 cm³/mol. The Hall–Kier alpha value is -1.54. The van der Waals surface area contributed by atoms with Crippen LogP contribution >= 0.6 is 0 Å². The largest absolute Gasteiger partial charge is 0.330 e. The van der Waals surface area contributed by atoms with Crippen LogP contribution in [-0.4, -0.2) is 6.54 Å². The molecule has 0 amide bonds. The van der Waals surface area contributed by atoms with Crippen LogP contribution in [0.15, 0.2) is 6.07 Å². The molecular formula is C10H7F4N. The number of hydrogen-bond donors (Lipinski definition) is 1. The van der Waals surface area contributed by atoms with Crippen molar-refractivity contribution in [1.29, 1.82) is 0 Å². The highest BCUT2D eigenvalue weighted by Crippen LogP contribution is 2.18. The maximum Gasteiger partial charge on any atom is 0.177 e. The van der Waals surface area contributed by atoms with E-state index >= 15 is 0 Å². The van der Waals surface area contributed by atoms with Crippen molar-refractivity contribution < 1.29 is 17.6 Å². The van der Waals surface area contributed by atoms with Gasteiger partial charge < -0.3 is 5.73 Å². The molecule has 1 rings (SSSR count). The second-order valence-corrected chi connectivity index (χ2v) is 2.68. The monoisotopic (exact) mass is 217 g/mol. The molecule has 0 bridgehead atoms. The number of rotatable bonds is 1. The highest BCUT2D eigenvalue weighted by atomic mass is 19.2. The van der Waals surface area contributed by atoms with Crippen molar-refractivity contribution in [2.24, 2.45) is 5.73 Å². The van der Waals surface area contributed by atoms with Gasteiger partial charge in [0, 0.05) is 19.0 Å². The number of benzene rings is 1. The lowest BCUT2D eigenvalue weighted by Crippen LogP contribution is -1.99. The van der Waals surface area contributed by atoms with E-state index < -0.39 is 28.8 Å². The fourth-order valence-electron chi connectivity index (χ4n) is 0.906. The molecule has 0 saturated heterocycles. The lowest BCUT2D eigenvalue weighted by molar-refractivity contribution is 0.450. The van der Waals surface area contributed by atoms with E-state index in [1.165, 1.54) is 0 Å². The van der Waals surface area contributed by atoms with Gasteiger partial charge >= 0.3 is 0 Å². The molecule has 0 aromatic heterocycles. The van der Waals surface area contributed by atoms with Gasteiger partial charge in [-0.05, 0) is 0 Å². The Balaban J connectivity index is 3.23. The van der Waals surface area contributed by atoms with Crippen LogP contribution in [0, 0.1) is 35.1 Å². The van der Waals surface area contributed by atoms with E-state index in [0.717, 1.165) is 0 Å². The average Bonchev–Trinajstić information content (AvgIpc) is 2.20. The Morgan fingerprint density at radius 2 is 1.60 bits per heavy atom. The normalized spacial score (nSPS) is 9.67. The highest BCUT2D eigenvalue weighted by molar-refractivity contribution is 5.37. The van der Waals surface area contributed by atoms with Crippen molar-refractivity contribution in [3.8, 4) is 11.8 Å². The molecule has 5 heteroatoms. The van der Waals surface area contributed by atoms with Crippen molar-refractivity contribution in [1.82, 2.24) is 0 Å². The van der Waals surface area contributed by atoms with Gasteiger partial charge in [-0.3, -0.25) is 0 Å². The Kier molecular flexibility index (Phi) is 3.69. The quantitative estimate of drug-likeness (QED) is 0.434. The number of halogens is 4. The Morgan fingerprint density at radius 3 is 2.07 bits per heavy atom. The second-order valence-electron chi connectivity index (χ2n) is 2.68. The summed E-state index contributed by atoms with van der Waals surface area (Å²) in [5.41, 5.74) is 4.19. The molecule has 1 aromatic carbocycles. The lowest BCUT2D eigenvalue weighted by atomic mass is 10.2. The van der Waals surface area contributed by atoms with Crippen LogP contribution in [0.3, 0.4) is 0 Å². The topological polar surface area (TPSA) is 26.0 Å². The third-order valence-electron chi connectivity index (χ3n) is 1.59. The van der Waals surface area contributed by atoms with Gasteiger partial charge in [-0.1, -0.05) is 11.8 Å². The number of hydrogen-bond acceptors (Lipinski definition) is 1. The van der Waals surface area contributed by atoms with Crippen LogP contribution in [0.25, 0.3) is 0 Å². The van der Waals surface area contributed by atoms with Crippen molar-refractivity contribution in [3.05, 3.63) is 34.9 Å². The van der Waals surface area contributed by atoms with E-state index in [9.17, 15) is 17.6 Å².